The first kappa shape index (κ1) is 9.45. The van der Waals surface area contributed by atoms with Gasteiger partial charge in [-0.2, -0.15) is 0 Å². The second kappa shape index (κ2) is 3.85. The summed E-state index contributed by atoms with van der Waals surface area (Å²) >= 11 is 0. The largest absolute Gasteiger partial charge is 0.271 e. The highest BCUT2D eigenvalue weighted by molar-refractivity contribution is 5.85. The van der Waals surface area contributed by atoms with Crippen LogP contribution in [0.2, 0.25) is 0 Å². The SMILES string of the molecule is Cl.NNC1CCc2ncccc21. The molecule has 1 atom stereocenters. The Labute approximate surface area is 77.8 Å². The lowest BCUT2D eigenvalue weighted by Gasteiger charge is -2.07. The molecule has 3 nitrogen and oxygen atoms in total. The third-order valence-corrected chi connectivity index (χ3v) is 2.17. The molecule has 1 heterocycles. The highest BCUT2D eigenvalue weighted by Gasteiger charge is 2.21. The van der Waals surface area contributed by atoms with Crippen molar-refractivity contribution in [1.29, 1.82) is 0 Å². The van der Waals surface area contributed by atoms with Crippen LogP contribution >= 0.6 is 12.4 Å². The van der Waals surface area contributed by atoms with Crippen LogP contribution in [0.15, 0.2) is 18.3 Å². The van der Waals surface area contributed by atoms with E-state index in [1.807, 2.05) is 12.3 Å². The fourth-order valence-corrected chi connectivity index (χ4v) is 1.59. The molecule has 2 rings (SSSR count). The molecule has 4 heteroatoms. The lowest BCUT2D eigenvalue weighted by atomic mass is 10.2. The summed E-state index contributed by atoms with van der Waals surface area (Å²) in [7, 11) is 0. The first-order valence-electron chi connectivity index (χ1n) is 3.81. The zero-order valence-electron chi connectivity index (χ0n) is 6.66. The van der Waals surface area contributed by atoms with Gasteiger partial charge >= 0.3 is 0 Å². The summed E-state index contributed by atoms with van der Waals surface area (Å²) < 4.78 is 0. The monoisotopic (exact) mass is 185 g/mol. The number of hydrogen-bond donors (Lipinski definition) is 2. The van der Waals surface area contributed by atoms with E-state index in [1.165, 1.54) is 11.3 Å². The van der Waals surface area contributed by atoms with Gasteiger partial charge in [0.25, 0.3) is 0 Å². The Morgan fingerprint density at radius 1 is 1.58 bits per heavy atom. The predicted molar refractivity (Wildman–Crippen MR) is 49.9 cm³/mol. The standard InChI is InChI=1S/C8H11N3.ClH/c9-11-8-4-3-7-6(8)2-1-5-10-7;/h1-2,5,8,11H,3-4,9H2;1H. The van der Waals surface area contributed by atoms with Crippen molar-refractivity contribution in [2.75, 3.05) is 0 Å². The number of hydrazine groups is 1. The van der Waals surface area contributed by atoms with Crippen molar-refractivity contribution in [2.45, 2.75) is 18.9 Å². The topological polar surface area (TPSA) is 50.9 Å². The Kier molecular flexibility index (Phi) is 3.03. The highest BCUT2D eigenvalue weighted by atomic mass is 35.5. The average Bonchev–Trinajstić information content (AvgIpc) is 2.47. The molecule has 3 N–H and O–H groups in total. The van der Waals surface area contributed by atoms with Crippen molar-refractivity contribution in [2.24, 2.45) is 5.84 Å². The van der Waals surface area contributed by atoms with Gasteiger partial charge < -0.3 is 0 Å². The molecule has 0 aliphatic heterocycles. The lowest BCUT2D eigenvalue weighted by molar-refractivity contribution is 0.551. The molecule has 0 saturated carbocycles. The zero-order valence-corrected chi connectivity index (χ0v) is 7.47. The van der Waals surface area contributed by atoms with E-state index in [4.69, 9.17) is 5.84 Å². The maximum Gasteiger partial charge on any atom is 0.0481 e. The van der Waals surface area contributed by atoms with Gasteiger partial charge in [-0.25, -0.2) is 0 Å². The molecular formula is C8H12ClN3. The summed E-state index contributed by atoms with van der Waals surface area (Å²) in [6.07, 6.45) is 3.95. The first-order chi connectivity index (χ1) is 5.42. The first-order valence-corrected chi connectivity index (χ1v) is 3.81. The fourth-order valence-electron chi connectivity index (χ4n) is 1.59. The van der Waals surface area contributed by atoms with E-state index >= 15 is 0 Å². The third kappa shape index (κ3) is 1.43. The van der Waals surface area contributed by atoms with Crippen LogP contribution in [0.25, 0.3) is 0 Å². The van der Waals surface area contributed by atoms with Gasteiger partial charge in [-0.3, -0.25) is 16.3 Å². The van der Waals surface area contributed by atoms with Crippen LogP contribution in [0.4, 0.5) is 0 Å². The van der Waals surface area contributed by atoms with E-state index in [0.29, 0.717) is 6.04 Å². The van der Waals surface area contributed by atoms with Gasteiger partial charge in [-0.1, -0.05) is 6.07 Å². The number of aryl methyl sites for hydroxylation is 1. The Balaban J connectivity index is 0.000000720. The highest BCUT2D eigenvalue weighted by Crippen LogP contribution is 2.27. The van der Waals surface area contributed by atoms with Gasteiger partial charge in [0.2, 0.25) is 0 Å². The predicted octanol–water partition coefficient (Wildman–Crippen LogP) is 0.954. The summed E-state index contributed by atoms with van der Waals surface area (Å²) in [5, 5.41) is 0. The van der Waals surface area contributed by atoms with E-state index in [2.05, 4.69) is 16.5 Å². The van der Waals surface area contributed by atoms with Crippen LogP contribution in [0.1, 0.15) is 23.7 Å². The maximum absolute atomic E-state index is 5.37. The van der Waals surface area contributed by atoms with Gasteiger partial charge in [0.15, 0.2) is 0 Å². The third-order valence-electron chi connectivity index (χ3n) is 2.17. The second-order valence-electron chi connectivity index (χ2n) is 2.80. The Hall–Kier alpha value is -0.640. The molecule has 0 saturated heterocycles. The number of pyridine rings is 1. The Bertz CT molecular complexity index is 264. The van der Waals surface area contributed by atoms with Gasteiger partial charge in [-0.05, 0) is 24.5 Å². The molecule has 0 bridgehead atoms. The van der Waals surface area contributed by atoms with Crippen molar-refractivity contribution in [3.63, 3.8) is 0 Å². The van der Waals surface area contributed by atoms with Gasteiger partial charge in [-0.15, -0.1) is 12.4 Å². The molecule has 0 radical (unpaired) electrons. The number of nitrogens with zero attached hydrogens (tertiary/aromatic N) is 1. The van der Waals surface area contributed by atoms with E-state index in [1.54, 1.807) is 0 Å². The summed E-state index contributed by atoms with van der Waals surface area (Å²) in [5.74, 6) is 5.37. The Morgan fingerprint density at radius 2 is 2.42 bits per heavy atom. The Morgan fingerprint density at radius 3 is 3.17 bits per heavy atom. The molecule has 0 aromatic carbocycles. The molecular weight excluding hydrogens is 174 g/mol. The van der Waals surface area contributed by atoms with Crippen LogP contribution in [0.5, 0.6) is 0 Å². The van der Waals surface area contributed by atoms with Crippen molar-refractivity contribution in [3.8, 4) is 0 Å². The average molecular weight is 186 g/mol. The molecule has 0 spiro atoms. The number of halogens is 1. The summed E-state index contributed by atoms with van der Waals surface area (Å²) in [5.41, 5.74) is 5.23. The van der Waals surface area contributed by atoms with Gasteiger partial charge in [0, 0.05) is 17.9 Å². The van der Waals surface area contributed by atoms with Crippen LogP contribution in [-0.4, -0.2) is 4.98 Å². The minimum atomic E-state index is 0. The van der Waals surface area contributed by atoms with Gasteiger partial charge in [0.05, 0.1) is 0 Å². The second-order valence-corrected chi connectivity index (χ2v) is 2.80. The number of fused-ring (bicyclic) bond motifs is 1. The smallest absolute Gasteiger partial charge is 0.0481 e. The molecule has 12 heavy (non-hydrogen) atoms. The van der Waals surface area contributed by atoms with E-state index in [9.17, 15) is 0 Å². The van der Waals surface area contributed by atoms with Crippen LogP contribution in [0, 0.1) is 0 Å². The van der Waals surface area contributed by atoms with Crippen molar-refractivity contribution < 1.29 is 0 Å². The maximum atomic E-state index is 5.37. The summed E-state index contributed by atoms with van der Waals surface area (Å²) in [6.45, 7) is 0. The minimum Gasteiger partial charge on any atom is -0.271 e. The van der Waals surface area contributed by atoms with Crippen molar-refractivity contribution >= 4 is 12.4 Å². The number of nitrogens with one attached hydrogen (secondary N) is 1. The van der Waals surface area contributed by atoms with E-state index < -0.39 is 0 Å². The van der Waals surface area contributed by atoms with Crippen molar-refractivity contribution in [3.05, 3.63) is 29.6 Å². The van der Waals surface area contributed by atoms with Crippen LogP contribution < -0.4 is 11.3 Å². The molecule has 1 aliphatic carbocycles. The van der Waals surface area contributed by atoms with Crippen molar-refractivity contribution in [1.82, 2.24) is 10.4 Å². The van der Waals surface area contributed by atoms with Gasteiger partial charge in [0.1, 0.15) is 0 Å². The molecule has 1 aliphatic rings. The number of aromatic nitrogens is 1. The summed E-state index contributed by atoms with van der Waals surface area (Å²) in [6, 6.07) is 4.35. The minimum absolute atomic E-state index is 0. The normalized spacial score (nSPS) is 19.9. The van der Waals surface area contributed by atoms with E-state index in [-0.39, 0.29) is 12.4 Å². The van der Waals surface area contributed by atoms with Crippen LogP contribution in [-0.2, 0) is 6.42 Å². The molecule has 66 valence electrons. The number of rotatable bonds is 1. The zero-order chi connectivity index (χ0) is 7.68. The quantitative estimate of drug-likeness (QED) is 0.506. The molecule has 1 aromatic rings. The molecule has 1 unspecified atom stereocenters. The number of hydrogen-bond acceptors (Lipinski definition) is 3. The molecule has 0 amide bonds. The summed E-state index contributed by atoms with van der Waals surface area (Å²) in [4.78, 5) is 4.26. The van der Waals surface area contributed by atoms with E-state index in [0.717, 1.165) is 12.8 Å². The number of nitrogens with two attached hydrogens (primary N) is 1. The molecule has 0 fully saturated rings. The molecule has 1 aromatic heterocycles. The van der Waals surface area contributed by atoms with Crippen LogP contribution in [0.3, 0.4) is 0 Å². The fraction of sp³-hybridized carbons (Fsp3) is 0.375. The lowest BCUT2D eigenvalue weighted by Crippen LogP contribution is -2.26.